The Bertz CT molecular complexity index is 510. The molecule has 1 saturated heterocycles. The van der Waals surface area contributed by atoms with Gasteiger partial charge in [0.1, 0.15) is 0 Å². The Balaban J connectivity index is 2.23. The van der Waals surface area contributed by atoms with Crippen molar-refractivity contribution in [1.29, 1.82) is 0 Å². The zero-order valence-corrected chi connectivity index (χ0v) is 13.2. The zero-order valence-electron chi connectivity index (χ0n) is 11.6. The van der Waals surface area contributed by atoms with Crippen LogP contribution in [0.25, 0.3) is 0 Å². The van der Waals surface area contributed by atoms with Crippen LogP contribution >= 0.6 is 11.3 Å². The predicted molar refractivity (Wildman–Crippen MR) is 78.9 cm³/mol. The van der Waals surface area contributed by atoms with Crippen molar-refractivity contribution in [2.45, 2.75) is 37.6 Å². The van der Waals surface area contributed by atoms with Crippen molar-refractivity contribution in [3.05, 3.63) is 16.3 Å². The largest absolute Gasteiger partial charge is 0.315 e. The summed E-state index contributed by atoms with van der Waals surface area (Å²) in [5.41, 5.74) is 0. The lowest BCUT2D eigenvalue weighted by molar-refractivity contribution is 0.261. The smallest absolute Gasteiger partial charge is 0.244 e. The first-order valence-electron chi connectivity index (χ1n) is 6.80. The molecule has 1 aliphatic heterocycles. The lowest BCUT2D eigenvalue weighted by Crippen LogP contribution is -2.39. The van der Waals surface area contributed by atoms with Crippen LogP contribution in [0.3, 0.4) is 0 Å². The first kappa shape index (κ1) is 15.0. The third kappa shape index (κ3) is 3.18. The molecule has 4 nitrogen and oxygen atoms in total. The molecule has 6 heteroatoms. The normalized spacial score (nSPS) is 21.7. The summed E-state index contributed by atoms with van der Waals surface area (Å²) in [6, 6.07) is 1.74. The van der Waals surface area contributed by atoms with Crippen LogP contribution in [0.5, 0.6) is 0 Å². The maximum Gasteiger partial charge on any atom is 0.244 e. The number of nitrogens with one attached hydrogen (secondary N) is 1. The summed E-state index contributed by atoms with van der Waals surface area (Å²) in [7, 11) is -1.47. The Labute approximate surface area is 119 Å². The molecule has 0 radical (unpaired) electrons. The molecule has 1 aliphatic rings. The number of nitrogens with zero attached hydrogens (tertiary/aromatic N) is 1. The fraction of sp³-hybridized carbons (Fsp3) is 0.692. The second-order valence-electron chi connectivity index (χ2n) is 5.02. The van der Waals surface area contributed by atoms with E-state index >= 15 is 0 Å². The maximum absolute atomic E-state index is 12.7. The molecular formula is C13H22N2O2S2. The van der Waals surface area contributed by atoms with Gasteiger partial charge in [0.2, 0.25) is 10.0 Å². The van der Waals surface area contributed by atoms with Gasteiger partial charge in [-0.1, -0.05) is 13.3 Å². The van der Waals surface area contributed by atoms with E-state index in [0.717, 1.165) is 24.1 Å². The van der Waals surface area contributed by atoms with Crippen molar-refractivity contribution in [2.24, 2.45) is 5.92 Å². The maximum atomic E-state index is 12.7. The molecule has 0 aromatic carbocycles. The van der Waals surface area contributed by atoms with E-state index < -0.39 is 10.0 Å². The summed E-state index contributed by atoms with van der Waals surface area (Å²) in [4.78, 5) is 1.39. The summed E-state index contributed by atoms with van der Waals surface area (Å²) in [6.45, 7) is 4.08. The molecule has 1 N–H and O–H groups in total. The van der Waals surface area contributed by atoms with Crippen LogP contribution in [0, 0.1) is 5.92 Å². The van der Waals surface area contributed by atoms with E-state index in [1.54, 1.807) is 10.4 Å². The summed E-state index contributed by atoms with van der Waals surface area (Å²) >= 11 is 1.50. The number of sulfonamides is 1. The number of rotatable bonds is 5. The molecule has 1 unspecified atom stereocenters. The minimum Gasteiger partial charge on any atom is -0.315 e. The molecule has 0 amide bonds. The Hall–Kier alpha value is -0.430. The van der Waals surface area contributed by atoms with Gasteiger partial charge in [-0.05, 0) is 37.3 Å². The van der Waals surface area contributed by atoms with Crippen LogP contribution in [0.15, 0.2) is 16.3 Å². The summed E-state index contributed by atoms with van der Waals surface area (Å²) < 4.78 is 27.1. The van der Waals surface area contributed by atoms with Gasteiger partial charge in [-0.2, -0.15) is 4.31 Å². The topological polar surface area (TPSA) is 49.4 Å². The lowest BCUT2D eigenvalue weighted by Gasteiger charge is -2.31. The Morgan fingerprint density at radius 1 is 1.53 bits per heavy atom. The summed E-state index contributed by atoms with van der Waals surface area (Å²) in [6.07, 6.45) is 3.18. The molecule has 2 rings (SSSR count). The van der Waals surface area contributed by atoms with Gasteiger partial charge in [-0.15, -0.1) is 11.3 Å². The van der Waals surface area contributed by atoms with E-state index in [-0.39, 0.29) is 0 Å². The van der Waals surface area contributed by atoms with Gasteiger partial charge in [-0.25, -0.2) is 8.42 Å². The second-order valence-corrected chi connectivity index (χ2v) is 7.92. The molecule has 1 aromatic heterocycles. The van der Waals surface area contributed by atoms with Gasteiger partial charge in [0.15, 0.2) is 0 Å². The molecule has 108 valence electrons. The minimum absolute atomic E-state index is 0.489. The third-order valence-corrected chi connectivity index (χ3v) is 6.72. The molecule has 0 aliphatic carbocycles. The fourth-order valence-corrected chi connectivity index (χ4v) is 5.55. The monoisotopic (exact) mass is 302 g/mol. The predicted octanol–water partition coefficient (Wildman–Crippen LogP) is 2.28. The number of piperidine rings is 1. The van der Waals surface area contributed by atoms with E-state index in [1.165, 1.54) is 11.3 Å². The van der Waals surface area contributed by atoms with Gasteiger partial charge in [-0.3, -0.25) is 0 Å². The highest BCUT2D eigenvalue weighted by molar-refractivity contribution is 7.89. The quantitative estimate of drug-likeness (QED) is 0.908. The van der Waals surface area contributed by atoms with Gasteiger partial charge in [0.25, 0.3) is 0 Å². The number of hydrogen-bond acceptors (Lipinski definition) is 4. The number of hydrogen-bond donors (Lipinski definition) is 1. The van der Waals surface area contributed by atoms with Crippen molar-refractivity contribution in [1.82, 2.24) is 9.62 Å². The minimum atomic E-state index is -3.31. The van der Waals surface area contributed by atoms with Gasteiger partial charge in [0, 0.05) is 24.5 Å². The SMILES string of the molecule is CCC1CCCN(S(=O)(=O)c2ccsc2CNC)C1. The molecule has 1 atom stereocenters. The highest BCUT2D eigenvalue weighted by Gasteiger charge is 2.31. The average molecular weight is 302 g/mol. The van der Waals surface area contributed by atoms with Crippen molar-refractivity contribution in [2.75, 3.05) is 20.1 Å². The first-order valence-corrected chi connectivity index (χ1v) is 9.12. The van der Waals surface area contributed by atoms with Crippen LogP contribution < -0.4 is 5.32 Å². The highest BCUT2D eigenvalue weighted by Crippen LogP contribution is 2.29. The molecule has 0 saturated carbocycles. The molecule has 19 heavy (non-hydrogen) atoms. The van der Waals surface area contributed by atoms with E-state index in [2.05, 4.69) is 12.2 Å². The third-order valence-electron chi connectivity index (χ3n) is 3.72. The van der Waals surface area contributed by atoms with E-state index in [0.29, 0.717) is 30.4 Å². The first-order chi connectivity index (χ1) is 9.09. The van der Waals surface area contributed by atoms with Crippen molar-refractivity contribution >= 4 is 21.4 Å². The summed E-state index contributed by atoms with van der Waals surface area (Å²) in [5.74, 6) is 0.509. The van der Waals surface area contributed by atoms with E-state index in [1.807, 2.05) is 12.4 Å². The second kappa shape index (κ2) is 6.35. The van der Waals surface area contributed by atoms with Crippen molar-refractivity contribution < 1.29 is 8.42 Å². The van der Waals surface area contributed by atoms with Crippen molar-refractivity contribution in [3.8, 4) is 0 Å². The average Bonchev–Trinajstić information content (AvgIpc) is 2.88. The number of thiophene rings is 1. The van der Waals surface area contributed by atoms with Crippen LogP contribution in [0.4, 0.5) is 0 Å². The van der Waals surface area contributed by atoms with Gasteiger partial charge < -0.3 is 5.32 Å². The van der Waals surface area contributed by atoms with Crippen LogP contribution in [0.1, 0.15) is 31.1 Å². The fourth-order valence-electron chi connectivity index (χ4n) is 2.57. The molecule has 1 aromatic rings. The Morgan fingerprint density at radius 3 is 3.00 bits per heavy atom. The van der Waals surface area contributed by atoms with Crippen LogP contribution in [0.2, 0.25) is 0 Å². The zero-order chi connectivity index (χ0) is 13.9. The van der Waals surface area contributed by atoms with Crippen LogP contribution in [-0.4, -0.2) is 32.9 Å². The van der Waals surface area contributed by atoms with Crippen molar-refractivity contribution in [3.63, 3.8) is 0 Å². The van der Waals surface area contributed by atoms with E-state index in [4.69, 9.17) is 0 Å². The summed E-state index contributed by atoms with van der Waals surface area (Å²) in [5, 5.41) is 4.89. The van der Waals surface area contributed by atoms with Gasteiger partial charge in [0.05, 0.1) is 4.90 Å². The molecule has 0 spiro atoms. The lowest BCUT2D eigenvalue weighted by atomic mass is 9.97. The molecule has 0 bridgehead atoms. The van der Waals surface area contributed by atoms with E-state index in [9.17, 15) is 8.42 Å². The van der Waals surface area contributed by atoms with Crippen LogP contribution in [-0.2, 0) is 16.6 Å². The standard InChI is InChI=1S/C13H22N2O2S2/c1-3-11-5-4-7-15(10-11)19(16,17)13-6-8-18-12(13)9-14-2/h6,8,11,14H,3-5,7,9-10H2,1-2H3. The Kier molecular flexibility index (Phi) is 5.00. The Morgan fingerprint density at radius 2 is 2.32 bits per heavy atom. The molecular weight excluding hydrogens is 280 g/mol. The highest BCUT2D eigenvalue weighted by atomic mass is 32.2. The molecule has 1 fully saturated rings. The van der Waals surface area contributed by atoms with Gasteiger partial charge >= 0.3 is 0 Å². The molecule has 2 heterocycles.